The van der Waals surface area contributed by atoms with Gasteiger partial charge in [0, 0.05) is 6.54 Å². The molecule has 182 valence electrons. The number of rotatable bonds is 13. The zero-order valence-corrected chi connectivity index (χ0v) is 22.3. The van der Waals surface area contributed by atoms with E-state index in [-0.39, 0.29) is 0 Å². The molecule has 1 saturated carbocycles. The van der Waals surface area contributed by atoms with E-state index >= 15 is 0 Å². The molecule has 2 aromatic carbocycles. The Morgan fingerprint density at radius 3 is 2.36 bits per heavy atom. The average Bonchev–Trinajstić information content (AvgIpc) is 2.85. The summed E-state index contributed by atoms with van der Waals surface area (Å²) in [5, 5.41) is 0. The first-order chi connectivity index (χ1) is 16.1. The molecule has 3 heteroatoms. The second-order valence-corrected chi connectivity index (χ2v) is 11.0. The lowest BCUT2D eigenvalue weighted by Crippen LogP contribution is -2.13. The first-order valence-electron chi connectivity index (χ1n) is 13.3. The molecule has 0 N–H and O–H groups in total. The summed E-state index contributed by atoms with van der Waals surface area (Å²) >= 11 is 1.42. The summed E-state index contributed by atoms with van der Waals surface area (Å²) in [5.74, 6) is 1.75. The van der Waals surface area contributed by atoms with Gasteiger partial charge >= 0.3 is 0 Å². The Morgan fingerprint density at radius 1 is 0.939 bits per heavy atom. The van der Waals surface area contributed by atoms with Gasteiger partial charge in [-0.1, -0.05) is 82.0 Å². The zero-order valence-electron chi connectivity index (χ0n) is 21.4. The van der Waals surface area contributed by atoms with E-state index in [1.54, 1.807) is 12.7 Å². The van der Waals surface area contributed by atoms with Gasteiger partial charge in [0.1, 0.15) is 0 Å². The number of hydrogen-bond donors (Lipinski definition) is 0. The number of aryl methyl sites for hydroxylation is 2. The molecule has 1 aliphatic carbocycles. The highest BCUT2D eigenvalue weighted by molar-refractivity contribution is 7.92. The fourth-order valence-electron chi connectivity index (χ4n) is 5.45. The van der Waals surface area contributed by atoms with E-state index in [1.165, 1.54) is 85.8 Å². The van der Waals surface area contributed by atoms with E-state index < -0.39 is 0 Å². The molecule has 2 nitrogen and oxygen atoms in total. The third-order valence-corrected chi connectivity index (χ3v) is 8.03. The van der Waals surface area contributed by atoms with Crippen LogP contribution in [-0.4, -0.2) is 25.0 Å². The number of unbranched alkanes of at least 4 members (excludes halogenated alkanes) is 2. The quantitative estimate of drug-likeness (QED) is 0.166. The topological polar surface area (TPSA) is 12.5 Å². The molecule has 0 saturated heterocycles. The molecule has 0 aliphatic heterocycles. The van der Waals surface area contributed by atoms with Crippen LogP contribution in [0.4, 0.5) is 0 Å². The molecule has 1 fully saturated rings. The van der Waals surface area contributed by atoms with E-state index in [9.17, 15) is 0 Å². The Bertz CT molecular complexity index is 811. The Hall–Kier alpha value is -1.29. The SMILES string of the molecule is CCCCCC1CCC(c2ccc(-c3ccc(CCCN(C)SOC)cc3CC)cc2)CC1. The van der Waals surface area contributed by atoms with Crippen molar-refractivity contribution in [2.45, 2.75) is 90.4 Å². The van der Waals surface area contributed by atoms with Gasteiger partial charge in [-0.05, 0) is 91.6 Å². The second-order valence-electron chi connectivity index (χ2n) is 9.88. The minimum absolute atomic E-state index is 0.767. The number of benzene rings is 2. The molecule has 0 atom stereocenters. The van der Waals surface area contributed by atoms with Crippen molar-refractivity contribution in [2.75, 3.05) is 20.7 Å². The van der Waals surface area contributed by atoms with Crippen LogP contribution in [0.5, 0.6) is 0 Å². The minimum Gasteiger partial charge on any atom is -0.304 e. The van der Waals surface area contributed by atoms with Crippen LogP contribution >= 0.6 is 12.2 Å². The lowest BCUT2D eigenvalue weighted by atomic mass is 9.77. The van der Waals surface area contributed by atoms with Gasteiger partial charge in [0.25, 0.3) is 0 Å². The van der Waals surface area contributed by atoms with Gasteiger partial charge in [-0.25, -0.2) is 4.31 Å². The lowest BCUT2D eigenvalue weighted by molar-refractivity contribution is 0.303. The van der Waals surface area contributed by atoms with Crippen molar-refractivity contribution in [1.29, 1.82) is 0 Å². The second kappa shape index (κ2) is 14.2. The van der Waals surface area contributed by atoms with Crippen LogP contribution in [-0.2, 0) is 17.0 Å². The molecule has 0 spiro atoms. The van der Waals surface area contributed by atoms with Crippen molar-refractivity contribution in [3.63, 3.8) is 0 Å². The largest absolute Gasteiger partial charge is 0.304 e. The lowest BCUT2D eigenvalue weighted by Gasteiger charge is -2.29. The molecular formula is C30H45NOS. The molecule has 0 unspecified atom stereocenters. The van der Waals surface area contributed by atoms with Gasteiger partial charge in [0.15, 0.2) is 0 Å². The molecule has 0 heterocycles. The Labute approximate surface area is 207 Å². The molecule has 1 aliphatic rings. The Kier molecular flexibility index (Phi) is 11.3. The van der Waals surface area contributed by atoms with Gasteiger partial charge < -0.3 is 4.18 Å². The van der Waals surface area contributed by atoms with Gasteiger partial charge in [0.05, 0.1) is 19.3 Å². The highest BCUT2D eigenvalue weighted by Gasteiger charge is 2.22. The third kappa shape index (κ3) is 8.16. The fraction of sp³-hybridized carbons (Fsp3) is 0.600. The van der Waals surface area contributed by atoms with Crippen LogP contribution in [0.15, 0.2) is 42.5 Å². The van der Waals surface area contributed by atoms with Crippen LogP contribution in [0.25, 0.3) is 11.1 Å². The van der Waals surface area contributed by atoms with Crippen molar-refractivity contribution in [3.8, 4) is 11.1 Å². The van der Waals surface area contributed by atoms with Crippen molar-refractivity contribution in [3.05, 3.63) is 59.2 Å². The molecule has 0 amide bonds. The highest BCUT2D eigenvalue weighted by Crippen LogP contribution is 2.38. The smallest absolute Gasteiger partial charge is 0.0813 e. The average molecular weight is 468 g/mol. The summed E-state index contributed by atoms with van der Waals surface area (Å²) in [4.78, 5) is 0. The number of nitrogens with zero attached hydrogens (tertiary/aromatic N) is 1. The first kappa shape index (κ1) is 26.3. The molecule has 0 aromatic heterocycles. The summed E-state index contributed by atoms with van der Waals surface area (Å²) < 4.78 is 7.27. The van der Waals surface area contributed by atoms with Crippen LogP contribution < -0.4 is 0 Å². The molecule has 3 rings (SSSR count). The Balaban J connectivity index is 1.56. The van der Waals surface area contributed by atoms with E-state index in [0.29, 0.717) is 0 Å². The maximum atomic E-state index is 5.12. The van der Waals surface area contributed by atoms with Crippen LogP contribution in [0.2, 0.25) is 0 Å². The van der Waals surface area contributed by atoms with E-state index in [4.69, 9.17) is 4.18 Å². The molecule has 0 bridgehead atoms. The maximum absolute atomic E-state index is 5.12. The predicted octanol–water partition coefficient (Wildman–Crippen LogP) is 8.84. The van der Waals surface area contributed by atoms with E-state index in [0.717, 1.165) is 37.6 Å². The zero-order chi connectivity index (χ0) is 23.5. The highest BCUT2D eigenvalue weighted by atomic mass is 32.2. The van der Waals surface area contributed by atoms with Gasteiger partial charge in [-0.3, -0.25) is 0 Å². The van der Waals surface area contributed by atoms with Crippen LogP contribution in [0, 0.1) is 5.92 Å². The fourth-order valence-corrected chi connectivity index (χ4v) is 5.91. The van der Waals surface area contributed by atoms with Crippen molar-refractivity contribution in [1.82, 2.24) is 4.31 Å². The van der Waals surface area contributed by atoms with Gasteiger partial charge in [-0.2, -0.15) is 0 Å². The van der Waals surface area contributed by atoms with Crippen LogP contribution in [0.3, 0.4) is 0 Å². The van der Waals surface area contributed by atoms with Crippen LogP contribution in [0.1, 0.15) is 94.2 Å². The monoisotopic (exact) mass is 467 g/mol. The summed E-state index contributed by atoms with van der Waals surface area (Å²) in [7, 11) is 3.80. The van der Waals surface area contributed by atoms with Crippen molar-refractivity contribution < 1.29 is 4.18 Å². The summed E-state index contributed by atoms with van der Waals surface area (Å²) in [6.07, 6.45) is 14.6. The summed E-state index contributed by atoms with van der Waals surface area (Å²) in [5.41, 5.74) is 7.23. The molecule has 0 radical (unpaired) electrons. The summed E-state index contributed by atoms with van der Waals surface area (Å²) in [6.45, 7) is 5.62. The Morgan fingerprint density at radius 2 is 1.70 bits per heavy atom. The standard InChI is InChI=1S/C30H45NOS/c1-5-7-8-10-24-12-15-27(16-13-24)28-17-19-29(20-18-28)30-21-14-25(23-26(30)6-2)11-9-22-31(3)33-32-4/h14,17-21,23-24,27H,5-13,15-16,22H2,1-4H3. The minimum atomic E-state index is 0.767. The first-order valence-corrected chi connectivity index (χ1v) is 14.0. The third-order valence-electron chi connectivity index (χ3n) is 7.45. The molecule has 2 aromatic rings. The normalized spacial score (nSPS) is 18.7. The molecule has 33 heavy (non-hydrogen) atoms. The van der Waals surface area contributed by atoms with Gasteiger partial charge in [-0.15, -0.1) is 0 Å². The molecular weight excluding hydrogens is 422 g/mol. The number of hydrogen-bond acceptors (Lipinski definition) is 3. The summed E-state index contributed by atoms with van der Waals surface area (Å²) in [6, 6.07) is 16.7. The van der Waals surface area contributed by atoms with E-state index in [2.05, 4.69) is 67.7 Å². The maximum Gasteiger partial charge on any atom is 0.0813 e. The van der Waals surface area contributed by atoms with Crippen molar-refractivity contribution >= 4 is 12.2 Å². The van der Waals surface area contributed by atoms with E-state index in [1.807, 2.05) is 0 Å². The van der Waals surface area contributed by atoms with Crippen molar-refractivity contribution in [2.24, 2.45) is 5.92 Å². The van der Waals surface area contributed by atoms with Gasteiger partial charge in [0.2, 0.25) is 0 Å². The predicted molar refractivity (Wildman–Crippen MR) is 146 cm³/mol.